The number of ether oxygens (including phenoxy) is 1. The Balaban J connectivity index is 1.87. The van der Waals surface area contributed by atoms with E-state index in [2.05, 4.69) is 41.7 Å². The van der Waals surface area contributed by atoms with Gasteiger partial charge in [0, 0.05) is 36.5 Å². The van der Waals surface area contributed by atoms with E-state index in [4.69, 9.17) is 9.84 Å². The summed E-state index contributed by atoms with van der Waals surface area (Å²) >= 11 is 0. The van der Waals surface area contributed by atoms with Crippen LogP contribution in [0.25, 0.3) is 16.9 Å². The van der Waals surface area contributed by atoms with Gasteiger partial charge in [0.05, 0.1) is 23.6 Å². The van der Waals surface area contributed by atoms with Crippen molar-refractivity contribution in [1.29, 1.82) is 0 Å². The number of hydrogen-bond acceptors (Lipinski definition) is 4. The Kier molecular flexibility index (Phi) is 6.04. The molecule has 0 bridgehead atoms. The molecule has 4 rings (SSSR count). The second kappa shape index (κ2) is 8.77. The van der Waals surface area contributed by atoms with E-state index in [1.54, 1.807) is 17.3 Å². The Labute approximate surface area is 190 Å². The van der Waals surface area contributed by atoms with Gasteiger partial charge in [0.1, 0.15) is 5.60 Å². The third-order valence-corrected chi connectivity index (χ3v) is 5.82. The van der Waals surface area contributed by atoms with E-state index in [1.807, 2.05) is 32.9 Å². The Morgan fingerprint density at radius 2 is 1.72 bits per heavy atom. The van der Waals surface area contributed by atoms with Crippen molar-refractivity contribution in [2.45, 2.75) is 66.0 Å². The number of amides is 1. The van der Waals surface area contributed by atoms with Crippen molar-refractivity contribution in [1.82, 2.24) is 19.7 Å². The van der Waals surface area contributed by atoms with Crippen LogP contribution in [0.15, 0.2) is 42.7 Å². The average Bonchev–Trinajstić information content (AvgIpc) is 3.16. The smallest absolute Gasteiger partial charge is 0.410 e. The highest BCUT2D eigenvalue weighted by atomic mass is 16.6. The molecule has 168 valence electrons. The first kappa shape index (κ1) is 22.1. The molecule has 0 radical (unpaired) electrons. The highest BCUT2D eigenvalue weighted by molar-refractivity contribution is 5.72. The first-order chi connectivity index (χ1) is 15.3. The second-order valence-electron chi connectivity index (χ2n) is 9.21. The van der Waals surface area contributed by atoms with Crippen LogP contribution in [0, 0.1) is 0 Å². The average molecular weight is 433 g/mol. The van der Waals surface area contributed by atoms with Crippen molar-refractivity contribution in [3.05, 3.63) is 65.1 Å². The Hall–Kier alpha value is -3.15. The lowest BCUT2D eigenvalue weighted by Gasteiger charge is -2.30. The molecule has 0 N–H and O–H groups in total. The quantitative estimate of drug-likeness (QED) is 0.557. The van der Waals surface area contributed by atoms with Crippen LogP contribution in [0.3, 0.4) is 0 Å². The van der Waals surface area contributed by atoms with Gasteiger partial charge in [0.2, 0.25) is 0 Å². The summed E-state index contributed by atoms with van der Waals surface area (Å²) < 4.78 is 7.76. The summed E-state index contributed by atoms with van der Waals surface area (Å²) in [6, 6.07) is 10.5. The molecule has 3 heterocycles. The number of hydrogen-bond donors (Lipinski definition) is 0. The summed E-state index contributed by atoms with van der Waals surface area (Å²) in [5.74, 6) is 0. The molecule has 6 heteroatoms. The van der Waals surface area contributed by atoms with E-state index in [0.717, 1.165) is 41.0 Å². The number of para-hydroxylation sites is 1. The fraction of sp³-hybridized carbons (Fsp3) is 0.423. The number of carbonyl (C=O) groups excluding carboxylic acids is 1. The molecule has 0 atom stereocenters. The van der Waals surface area contributed by atoms with Gasteiger partial charge in [-0.05, 0) is 56.9 Å². The fourth-order valence-electron chi connectivity index (χ4n) is 4.31. The summed E-state index contributed by atoms with van der Waals surface area (Å²) in [4.78, 5) is 18.8. The molecule has 0 fully saturated rings. The predicted molar refractivity (Wildman–Crippen MR) is 126 cm³/mol. The van der Waals surface area contributed by atoms with E-state index in [0.29, 0.717) is 19.5 Å². The zero-order valence-corrected chi connectivity index (χ0v) is 19.7. The summed E-state index contributed by atoms with van der Waals surface area (Å²) in [6.45, 7) is 11.1. The normalized spacial score (nSPS) is 13.7. The third-order valence-electron chi connectivity index (χ3n) is 5.82. The summed E-state index contributed by atoms with van der Waals surface area (Å²) in [6.07, 6.45) is 5.89. The van der Waals surface area contributed by atoms with Crippen LogP contribution in [0.1, 0.15) is 57.0 Å². The zero-order chi connectivity index (χ0) is 22.9. The fourth-order valence-corrected chi connectivity index (χ4v) is 4.31. The number of aryl methyl sites for hydroxylation is 2. The van der Waals surface area contributed by atoms with Crippen LogP contribution in [-0.2, 0) is 30.5 Å². The molecule has 1 amide bonds. The molecular formula is C26H32N4O2. The molecule has 0 spiro atoms. The SMILES string of the molecule is CCc1cccc(CC)c1-n1nc2c(c1-c1ccncc1)CN(C(=O)OC(C)(C)C)CC2. The van der Waals surface area contributed by atoms with Crippen LogP contribution >= 0.6 is 0 Å². The number of nitrogens with zero attached hydrogens (tertiary/aromatic N) is 4. The van der Waals surface area contributed by atoms with Crippen LogP contribution < -0.4 is 0 Å². The highest BCUT2D eigenvalue weighted by Crippen LogP contribution is 2.35. The molecule has 3 aromatic rings. The van der Waals surface area contributed by atoms with E-state index in [1.165, 1.54) is 11.1 Å². The standard InChI is InChI=1S/C26H32N4O2/c1-6-18-9-8-10-19(7-2)23(18)30-24(20-11-14-27-15-12-20)21-17-29(16-13-22(21)28-30)25(31)32-26(3,4)5/h8-12,14-15H,6-7,13,16-17H2,1-5H3. The highest BCUT2D eigenvalue weighted by Gasteiger charge is 2.31. The van der Waals surface area contributed by atoms with E-state index < -0.39 is 5.60 Å². The van der Waals surface area contributed by atoms with Gasteiger partial charge in [-0.25, -0.2) is 9.48 Å². The molecule has 0 aliphatic carbocycles. The Morgan fingerprint density at radius 1 is 1.06 bits per heavy atom. The van der Waals surface area contributed by atoms with Gasteiger partial charge in [-0.15, -0.1) is 0 Å². The van der Waals surface area contributed by atoms with Gasteiger partial charge < -0.3 is 9.64 Å². The number of benzene rings is 1. The maximum absolute atomic E-state index is 12.8. The number of carbonyl (C=O) groups is 1. The largest absolute Gasteiger partial charge is 0.444 e. The van der Waals surface area contributed by atoms with E-state index in [-0.39, 0.29) is 6.09 Å². The van der Waals surface area contributed by atoms with Crippen LogP contribution in [0.4, 0.5) is 4.79 Å². The van der Waals surface area contributed by atoms with Crippen molar-refractivity contribution in [3.63, 3.8) is 0 Å². The van der Waals surface area contributed by atoms with Gasteiger partial charge in [0.15, 0.2) is 0 Å². The van der Waals surface area contributed by atoms with Gasteiger partial charge in [-0.1, -0.05) is 32.0 Å². The maximum Gasteiger partial charge on any atom is 0.410 e. The third kappa shape index (κ3) is 4.27. The number of rotatable bonds is 4. The maximum atomic E-state index is 12.8. The van der Waals surface area contributed by atoms with Crippen LogP contribution in [-0.4, -0.2) is 37.9 Å². The molecule has 1 aliphatic heterocycles. The number of fused-ring (bicyclic) bond motifs is 1. The monoisotopic (exact) mass is 432 g/mol. The topological polar surface area (TPSA) is 60.2 Å². The van der Waals surface area contributed by atoms with Crippen molar-refractivity contribution in [3.8, 4) is 16.9 Å². The summed E-state index contributed by atoms with van der Waals surface area (Å²) in [5, 5.41) is 5.10. The lowest BCUT2D eigenvalue weighted by Crippen LogP contribution is -2.39. The van der Waals surface area contributed by atoms with Crippen molar-refractivity contribution in [2.24, 2.45) is 0 Å². The molecule has 0 saturated heterocycles. The number of aromatic nitrogens is 3. The van der Waals surface area contributed by atoms with Gasteiger partial charge >= 0.3 is 6.09 Å². The molecular weight excluding hydrogens is 400 g/mol. The molecule has 32 heavy (non-hydrogen) atoms. The molecule has 6 nitrogen and oxygen atoms in total. The molecule has 1 aromatic carbocycles. The van der Waals surface area contributed by atoms with E-state index >= 15 is 0 Å². The van der Waals surface area contributed by atoms with Gasteiger partial charge in [-0.2, -0.15) is 5.10 Å². The lowest BCUT2D eigenvalue weighted by atomic mass is 10.00. The number of pyridine rings is 1. The molecule has 0 saturated carbocycles. The van der Waals surface area contributed by atoms with Gasteiger partial charge in [0.25, 0.3) is 0 Å². The van der Waals surface area contributed by atoms with Crippen molar-refractivity contribution >= 4 is 6.09 Å². The Bertz CT molecular complexity index is 1090. The first-order valence-electron chi connectivity index (χ1n) is 11.4. The zero-order valence-electron chi connectivity index (χ0n) is 19.7. The minimum absolute atomic E-state index is 0.278. The Morgan fingerprint density at radius 3 is 2.31 bits per heavy atom. The summed E-state index contributed by atoms with van der Waals surface area (Å²) in [7, 11) is 0. The van der Waals surface area contributed by atoms with Crippen LogP contribution in [0.2, 0.25) is 0 Å². The van der Waals surface area contributed by atoms with Crippen molar-refractivity contribution < 1.29 is 9.53 Å². The minimum atomic E-state index is -0.522. The predicted octanol–water partition coefficient (Wildman–Crippen LogP) is 5.35. The molecule has 1 aliphatic rings. The van der Waals surface area contributed by atoms with Gasteiger partial charge in [-0.3, -0.25) is 4.98 Å². The molecule has 0 unspecified atom stereocenters. The minimum Gasteiger partial charge on any atom is -0.444 e. The van der Waals surface area contributed by atoms with Crippen LogP contribution in [0.5, 0.6) is 0 Å². The van der Waals surface area contributed by atoms with E-state index in [9.17, 15) is 4.79 Å². The van der Waals surface area contributed by atoms with Crippen molar-refractivity contribution in [2.75, 3.05) is 6.54 Å². The summed E-state index contributed by atoms with van der Waals surface area (Å²) in [5.41, 5.74) is 7.38. The first-order valence-corrected chi connectivity index (χ1v) is 11.4. The second-order valence-corrected chi connectivity index (χ2v) is 9.21. The lowest BCUT2D eigenvalue weighted by molar-refractivity contribution is 0.0224. The molecule has 2 aromatic heterocycles.